The van der Waals surface area contributed by atoms with Crippen molar-refractivity contribution in [1.82, 2.24) is 10.2 Å². The van der Waals surface area contributed by atoms with Crippen molar-refractivity contribution in [3.63, 3.8) is 0 Å². The Labute approximate surface area is 82.4 Å². The number of carbonyl (C=O) groups is 2. The molecule has 78 valence electrons. The summed E-state index contributed by atoms with van der Waals surface area (Å²) in [6.45, 7) is 2.07. The Bertz CT molecular complexity index is 279. The van der Waals surface area contributed by atoms with Crippen molar-refractivity contribution in [2.45, 2.75) is 31.7 Å². The van der Waals surface area contributed by atoms with Crippen LogP contribution >= 0.6 is 0 Å². The van der Waals surface area contributed by atoms with Crippen molar-refractivity contribution in [2.24, 2.45) is 0 Å². The van der Waals surface area contributed by atoms with E-state index in [9.17, 15) is 9.59 Å². The molecule has 2 heterocycles. The molecule has 0 spiro atoms. The summed E-state index contributed by atoms with van der Waals surface area (Å²) in [5.74, 6) is 0.0126. The van der Waals surface area contributed by atoms with E-state index < -0.39 is 0 Å². The van der Waals surface area contributed by atoms with Crippen LogP contribution in [0.4, 0.5) is 0 Å². The largest absolute Gasteiger partial charge is 0.356 e. The number of β-lactam (4-membered cyclic amide) rings is 1. The van der Waals surface area contributed by atoms with Crippen LogP contribution in [0.15, 0.2) is 0 Å². The summed E-state index contributed by atoms with van der Waals surface area (Å²) >= 11 is 0. The molecule has 0 aromatic heterocycles. The third-order valence-electron chi connectivity index (χ3n) is 2.88. The van der Waals surface area contributed by atoms with Crippen LogP contribution in [0.5, 0.6) is 0 Å². The number of hydrogen-bond acceptors (Lipinski definition) is 4. The quantitative estimate of drug-likeness (QED) is 0.585. The highest BCUT2D eigenvalue weighted by Gasteiger charge is 2.53. The van der Waals surface area contributed by atoms with Crippen LogP contribution < -0.4 is 5.32 Å². The number of fused-ring (bicyclic) bond motifs is 1. The molecule has 3 unspecified atom stereocenters. The third kappa shape index (κ3) is 1.16. The summed E-state index contributed by atoms with van der Waals surface area (Å²) in [6, 6.07) is -0.539. The highest BCUT2D eigenvalue weighted by atomic mass is 16.5. The fraction of sp³-hybridized carbons (Fsp3) is 0.778. The van der Waals surface area contributed by atoms with Crippen LogP contribution in [0.1, 0.15) is 13.3 Å². The number of carbonyl (C=O) groups excluding carboxylic acids is 2. The average molecular weight is 198 g/mol. The van der Waals surface area contributed by atoms with Gasteiger partial charge in [-0.05, 0) is 20.4 Å². The van der Waals surface area contributed by atoms with Gasteiger partial charge in [-0.15, -0.1) is 0 Å². The van der Waals surface area contributed by atoms with Gasteiger partial charge >= 0.3 is 0 Å². The lowest BCUT2D eigenvalue weighted by Crippen LogP contribution is -2.75. The van der Waals surface area contributed by atoms with Gasteiger partial charge < -0.3 is 15.0 Å². The lowest BCUT2D eigenvalue weighted by Gasteiger charge is -2.52. The molecule has 2 fully saturated rings. The van der Waals surface area contributed by atoms with Gasteiger partial charge in [-0.1, -0.05) is 0 Å². The molecule has 1 amide bonds. The smallest absolute Gasteiger partial charge is 0.247 e. The second-order valence-corrected chi connectivity index (χ2v) is 3.69. The summed E-state index contributed by atoms with van der Waals surface area (Å²) in [5, 5.41) is 2.88. The van der Waals surface area contributed by atoms with Gasteiger partial charge in [0, 0.05) is 0 Å². The van der Waals surface area contributed by atoms with E-state index >= 15 is 0 Å². The molecule has 1 N–H and O–H groups in total. The van der Waals surface area contributed by atoms with Crippen LogP contribution in [-0.4, -0.2) is 48.6 Å². The second kappa shape index (κ2) is 3.33. The van der Waals surface area contributed by atoms with E-state index in [1.54, 1.807) is 11.9 Å². The first-order valence-corrected chi connectivity index (χ1v) is 4.78. The SMILES string of the molecule is CNC1C(=O)N2C(C(C)=O)CCOC12. The molecule has 0 aromatic rings. The number of ether oxygens (including phenoxy) is 1. The van der Waals surface area contributed by atoms with Gasteiger partial charge in [0.25, 0.3) is 0 Å². The highest BCUT2D eigenvalue weighted by molar-refractivity contribution is 5.94. The molecule has 0 aliphatic carbocycles. The maximum atomic E-state index is 11.6. The van der Waals surface area contributed by atoms with E-state index in [1.807, 2.05) is 0 Å². The van der Waals surface area contributed by atoms with Gasteiger partial charge in [0.15, 0.2) is 12.0 Å². The molecule has 0 saturated carbocycles. The third-order valence-corrected chi connectivity index (χ3v) is 2.88. The van der Waals surface area contributed by atoms with Crippen molar-refractivity contribution < 1.29 is 14.3 Å². The molecule has 0 aromatic carbocycles. The van der Waals surface area contributed by atoms with E-state index in [0.717, 1.165) is 0 Å². The predicted octanol–water partition coefficient (Wildman–Crippen LogP) is -0.879. The number of nitrogens with zero attached hydrogens (tertiary/aromatic N) is 1. The summed E-state index contributed by atoms with van der Waals surface area (Å²) in [5.41, 5.74) is 0. The van der Waals surface area contributed by atoms with Crippen molar-refractivity contribution in [3.8, 4) is 0 Å². The number of Topliss-reactive ketones (excluding diaryl/α,β-unsaturated/α-hetero) is 1. The monoisotopic (exact) mass is 198 g/mol. The molecule has 3 atom stereocenters. The Morgan fingerprint density at radius 2 is 2.36 bits per heavy atom. The van der Waals surface area contributed by atoms with Gasteiger partial charge in [0.1, 0.15) is 6.04 Å². The number of amides is 1. The lowest BCUT2D eigenvalue weighted by atomic mass is 9.95. The molecule has 14 heavy (non-hydrogen) atoms. The maximum absolute atomic E-state index is 11.6. The second-order valence-electron chi connectivity index (χ2n) is 3.69. The fourth-order valence-corrected chi connectivity index (χ4v) is 2.10. The van der Waals surface area contributed by atoms with Crippen LogP contribution in [0, 0.1) is 0 Å². The van der Waals surface area contributed by atoms with Crippen LogP contribution in [0.2, 0.25) is 0 Å². The summed E-state index contributed by atoms with van der Waals surface area (Å²) in [7, 11) is 1.72. The molecule has 2 aliphatic rings. The molecule has 0 bridgehead atoms. The molecular formula is C9H14N2O3. The summed E-state index contributed by atoms with van der Waals surface area (Å²) in [6.07, 6.45) is 0.378. The molecule has 5 nitrogen and oxygen atoms in total. The van der Waals surface area contributed by atoms with E-state index in [1.165, 1.54) is 6.92 Å². The first-order valence-electron chi connectivity index (χ1n) is 4.78. The van der Waals surface area contributed by atoms with Gasteiger partial charge in [-0.25, -0.2) is 0 Å². The van der Waals surface area contributed by atoms with Crippen molar-refractivity contribution >= 4 is 11.7 Å². The van der Waals surface area contributed by atoms with Gasteiger partial charge in [-0.3, -0.25) is 9.59 Å². The van der Waals surface area contributed by atoms with Crippen molar-refractivity contribution in [1.29, 1.82) is 0 Å². The van der Waals surface area contributed by atoms with E-state index in [4.69, 9.17) is 4.74 Å². The number of rotatable bonds is 2. The topological polar surface area (TPSA) is 58.6 Å². The number of hydrogen-bond donors (Lipinski definition) is 1. The minimum absolute atomic E-state index is 0.0302. The average Bonchev–Trinajstić information content (AvgIpc) is 2.16. The minimum Gasteiger partial charge on any atom is -0.356 e. The minimum atomic E-state index is -0.272. The zero-order chi connectivity index (χ0) is 10.3. The standard InChI is InChI=1S/C9H14N2O3/c1-5(12)6-3-4-14-9-7(10-2)8(13)11(6)9/h6-7,9-10H,3-4H2,1-2H3. The molecule has 2 saturated heterocycles. The molecule has 0 radical (unpaired) electrons. The number of ketones is 1. The Morgan fingerprint density at radius 1 is 1.64 bits per heavy atom. The normalized spacial score (nSPS) is 36.3. The number of nitrogens with one attached hydrogen (secondary N) is 1. The molecular weight excluding hydrogens is 184 g/mol. The zero-order valence-electron chi connectivity index (χ0n) is 8.32. The van der Waals surface area contributed by atoms with Gasteiger partial charge in [-0.2, -0.15) is 0 Å². The Balaban J connectivity index is 2.13. The number of likely N-dealkylation sites (N-methyl/N-ethyl adjacent to an activating group) is 1. The Hall–Kier alpha value is -0.940. The van der Waals surface area contributed by atoms with Crippen LogP contribution in [0.3, 0.4) is 0 Å². The fourth-order valence-electron chi connectivity index (χ4n) is 2.10. The Kier molecular flexibility index (Phi) is 2.28. The summed E-state index contributed by atoms with van der Waals surface area (Å²) in [4.78, 5) is 24.4. The highest BCUT2D eigenvalue weighted by Crippen LogP contribution is 2.29. The van der Waals surface area contributed by atoms with Crippen molar-refractivity contribution in [3.05, 3.63) is 0 Å². The van der Waals surface area contributed by atoms with Gasteiger partial charge in [0.2, 0.25) is 5.91 Å². The van der Waals surface area contributed by atoms with E-state index in [2.05, 4.69) is 5.32 Å². The zero-order valence-corrected chi connectivity index (χ0v) is 8.32. The molecule has 2 rings (SSSR count). The first kappa shape index (κ1) is 9.61. The Morgan fingerprint density at radius 3 is 2.93 bits per heavy atom. The van der Waals surface area contributed by atoms with Crippen molar-refractivity contribution in [2.75, 3.05) is 13.7 Å². The molecule has 5 heteroatoms. The van der Waals surface area contributed by atoms with Gasteiger partial charge in [0.05, 0.1) is 12.6 Å². The van der Waals surface area contributed by atoms with Crippen LogP contribution in [-0.2, 0) is 14.3 Å². The predicted molar refractivity (Wildman–Crippen MR) is 48.5 cm³/mol. The first-order chi connectivity index (χ1) is 6.66. The lowest BCUT2D eigenvalue weighted by molar-refractivity contribution is -0.207. The van der Waals surface area contributed by atoms with E-state index in [-0.39, 0.29) is 30.0 Å². The maximum Gasteiger partial charge on any atom is 0.247 e. The van der Waals surface area contributed by atoms with E-state index in [0.29, 0.717) is 13.0 Å². The summed E-state index contributed by atoms with van der Waals surface area (Å²) < 4.78 is 5.42. The van der Waals surface area contributed by atoms with Crippen LogP contribution in [0.25, 0.3) is 0 Å². The molecule has 2 aliphatic heterocycles.